The molecule has 1 atom stereocenters. The molecule has 0 radical (unpaired) electrons. The summed E-state index contributed by atoms with van der Waals surface area (Å²) in [6.07, 6.45) is 0.459. The number of aliphatic hydroxyl groups is 1. The number of nitrogens with zero attached hydrogens (tertiary/aromatic N) is 1. The quantitative estimate of drug-likeness (QED) is 0.773. The molecule has 0 aromatic heterocycles. The molecule has 0 aliphatic carbocycles. The summed E-state index contributed by atoms with van der Waals surface area (Å²) >= 11 is 6.35. The highest BCUT2D eigenvalue weighted by Crippen LogP contribution is 2.26. The Morgan fingerprint density at radius 3 is 2.55 bits per heavy atom. The summed E-state index contributed by atoms with van der Waals surface area (Å²) in [6, 6.07) is 6.17. The van der Waals surface area contributed by atoms with E-state index in [9.17, 15) is 5.11 Å². The molecule has 0 amide bonds. The molecule has 2 N–H and O–H groups in total. The van der Waals surface area contributed by atoms with Crippen LogP contribution >= 0.6 is 11.6 Å². The Bertz CT molecular complexity index is 407. The molecule has 4 heteroatoms. The van der Waals surface area contributed by atoms with Crippen molar-refractivity contribution in [3.8, 4) is 0 Å². The molecule has 0 bridgehead atoms. The molecule has 1 unspecified atom stereocenters. The molecule has 0 saturated carbocycles. The Hall–Kier alpha value is -0.770. The topological polar surface area (TPSA) is 35.5 Å². The summed E-state index contributed by atoms with van der Waals surface area (Å²) in [7, 11) is 2.00. The first-order valence-corrected chi connectivity index (χ1v) is 7.66. The Labute approximate surface area is 127 Å². The van der Waals surface area contributed by atoms with Crippen molar-refractivity contribution in [3.63, 3.8) is 0 Å². The maximum absolute atomic E-state index is 9.34. The number of nitrogens with one attached hydrogen (secondary N) is 1. The van der Waals surface area contributed by atoms with Crippen molar-refractivity contribution in [2.24, 2.45) is 5.92 Å². The lowest BCUT2D eigenvalue weighted by Crippen LogP contribution is -2.22. The van der Waals surface area contributed by atoms with Gasteiger partial charge in [0.05, 0.1) is 16.8 Å². The molecule has 114 valence electrons. The smallest absolute Gasteiger partial charge is 0.0642 e. The number of aliphatic hydroxyl groups excluding tert-OH is 1. The lowest BCUT2D eigenvalue weighted by Gasteiger charge is -2.22. The summed E-state index contributed by atoms with van der Waals surface area (Å²) in [4.78, 5) is 2.08. The van der Waals surface area contributed by atoms with Gasteiger partial charge in [-0.1, -0.05) is 31.5 Å². The number of benzene rings is 1. The Kier molecular flexibility index (Phi) is 7.35. The molecule has 0 heterocycles. The molecule has 0 fully saturated rings. The van der Waals surface area contributed by atoms with E-state index in [1.165, 1.54) is 5.56 Å². The van der Waals surface area contributed by atoms with Gasteiger partial charge in [-0.3, -0.25) is 0 Å². The van der Waals surface area contributed by atoms with Crippen LogP contribution in [0.15, 0.2) is 18.2 Å². The summed E-state index contributed by atoms with van der Waals surface area (Å²) in [6.45, 7) is 8.84. The Morgan fingerprint density at radius 1 is 1.30 bits per heavy atom. The van der Waals surface area contributed by atoms with Gasteiger partial charge in [-0.25, -0.2) is 0 Å². The normalized spacial score (nSPS) is 12.8. The molecule has 3 nitrogen and oxygen atoms in total. The standard InChI is InChI=1S/C16H27ClN2O/c1-12(2)10-18-11-14-5-6-16(15(17)9-14)19(4)8-7-13(3)20/h5-6,9,12-13,18,20H,7-8,10-11H2,1-4H3. The van der Waals surface area contributed by atoms with E-state index in [0.717, 1.165) is 36.8 Å². The molecule has 1 aromatic carbocycles. The van der Waals surface area contributed by atoms with Crippen LogP contribution in [0, 0.1) is 5.92 Å². The van der Waals surface area contributed by atoms with Gasteiger partial charge in [0.2, 0.25) is 0 Å². The highest BCUT2D eigenvalue weighted by atomic mass is 35.5. The van der Waals surface area contributed by atoms with E-state index in [2.05, 4.69) is 36.2 Å². The van der Waals surface area contributed by atoms with E-state index in [1.54, 1.807) is 6.92 Å². The third-order valence-corrected chi connectivity index (χ3v) is 3.49. The van der Waals surface area contributed by atoms with Crippen LogP contribution < -0.4 is 10.2 Å². The Morgan fingerprint density at radius 2 is 2.00 bits per heavy atom. The molecule has 0 saturated heterocycles. The molecular formula is C16H27ClN2O. The molecule has 0 aliphatic rings. The van der Waals surface area contributed by atoms with Gasteiger partial charge < -0.3 is 15.3 Å². The molecule has 20 heavy (non-hydrogen) atoms. The minimum atomic E-state index is -0.282. The SMILES string of the molecule is CC(C)CNCc1ccc(N(C)CCC(C)O)c(Cl)c1. The second-order valence-electron chi connectivity index (χ2n) is 5.87. The first-order valence-electron chi connectivity index (χ1n) is 7.28. The van der Waals surface area contributed by atoms with Crippen LogP contribution in [0.1, 0.15) is 32.8 Å². The summed E-state index contributed by atoms with van der Waals surface area (Å²) in [5, 5.41) is 13.5. The predicted molar refractivity (Wildman–Crippen MR) is 87.6 cm³/mol. The monoisotopic (exact) mass is 298 g/mol. The number of rotatable bonds is 8. The van der Waals surface area contributed by atoms with Gasteiger partial charge in [0.15, 0.2) is 0 Å². The molecular weight excluding hydrogens is 272 g/mol. The van der Waals surface area contributed by atoms with E-state index < -0.39 is 0 Å². The van der Waals surface area contributed by atoms with Crippen LogP contribution in [-0.4, -0.2) is 31.3 Å². The molecule has 1 rings (SSSR count). The summed E-state index contributed by atoms with van der Waals surface area (Å²) < 4.78 is 0. The largest absolute Gasteiger partial charge is 0.393 e. The zero-order chi connectivity index (χ0) is 15.1. The van der Waals surface area contributed by atoms with Crippen molar-refractivity contribution < 1.29 is 5.11 Å². The van der Waals surface area contributed by atoms with Gasteiger partial charge in [-0.15, -0.1) is 0 Å². The van der Waals surface area contributed by atoms with Gasteiger partial charge in [-0.05, 0) is 43.5 Å². The molecule has 0 spiro atoms. The van der Waals surface area contributed by atoms with Crippen LogP contribution in [0.25, 0.3) is 0 Å². The highest BCUT2D eigenvalue weighted by molar-refractivity contribution is 6.33. The van der Waals surface area contributed by atoms with Crippen molar-refractivity contribution in [1.29, 1.82) is 0 Å². The van der Waals surface area contributed by atoms with Gasteiger partial charge >= 0.3 is 0 Å². The second-order valence-corrected chi connectivity index (χ2v) is 6.28. The van der Waals surface area contributed by atoms with Crippen molar-refractivity contribution in [3.05, 3.63) is 28.8 Å². The van der Waals surface area contributed by atoms with Gasteiger partial charge in [0.1, 0.15) is 0 Å². The minimum absolute atomic E-state index is 0.282. The van der Waals surface area contributed by atoms with E-state index in [-0.39, 0.29) is 6.10 Å². The summed E-state index contributed by atoms with van der Waals surface area (Å²) in [5.74, 6) is 0.649. The molecule has 1 aromatic rings. The zero-order valence-corrected chi connectivity index (χ0v) is 13.7. The van der Waals surface area contributed by atoms with Gasteiger partial charge in [0, 0.05) is 20.1 Å². The van der Waals surface area contributed by atoms with Crippen LogP contribution in [0.2, 0.25) is 5.02 Å². The number of halogens is 1. The maximum atomic E-state index is 9.34. The number of anilines is 1. The average Bonchev–Trinajstić information content (AvgIpc) is 2.35. The van der Waals surface area contributed by atoms with Gasteiger partial charge in [0.25, 0.3) is 0 Å². The fourth-order valence-electron chi connectivity index (χ4n) is 1.98. The minimum Gasteiger partial charge on any atom is -0.393 e. The van der Waals surface area contributed by atoms with E-state index in [0.29, 0.717) is 5.92 Å². The third kappa shape index (κ3) is 6.12. The van der Waals surface area contributed by atoms with Crippen LogP contribution in [0.3, 0.4) is 0 Å². The lowest BCUT2D eigenvalue weighted by atomic mass is 10.1. The molecule has 0 aliphatic heterocycles. The second kappa shape index (κ2) is 8.50. The van der Waals surface area contributed by atoms with Gasteiger partial charge in [-0.2, -0.15) is 0 Å². The first kappa shape index (κ1) is 17.3. The van der Waals surface area contributed by atoms with E-state index in [4.69, 9.17) is 11.6 Å². The third-order valence-electron chi connectivity index (χ3n) is 3.19. The van der Waals surface area contributed by atoms with E-state index in [1.807, 2.05) is 13.1 Å². The van der Waals surface area contributed by atoms with Crippen molar-refractivity contribution >= 4 is 17.3 Å². The van der Waals surface area contributed by atoms with Crippen LogP contribution in [0.4, 0.5) is 5.69 Å². The average molecular weight is 299 g/mol. The maximum Gasteiger partial charge on any atom is 0.0642 e. The fraction of sp³-hybridized carbons (Fsp3) is 0.625. The predicted octanol–water partition coefficient (Wildman–Crippen LogP) is 3.29. The van der Waals surface area contributed by atoms with Crippen molar-refractivity contribution in [2.75, 3.05) is 25.0 Å². The Balaban J connectivity index is 2.58. The number of hydrogen-bond donors (Lipinski definition) is 2. The lowest BCUT2D eigenvalue weighted by molar-refractivity contribution is 0.187. The highest BCUT2D eigenvalue weighted by Gasteiger charge is 2.08. The first-order chi connectivity index (χ1) is 9.40. The van der Waals surface area contributed by atoms with Crippen LogP contribution in [-0.2, 0) is 6.54 Å². The van der Waals surface area contributed by atoms with Crippen molar-refractivity contribution in [2.45, 2.75) is 39.8 Å². The van der Waals surface area contributed by atoms with E-state index >= 15 is 0 Å². The van der Waals surface area contributed by atoms with Crippen LogP contribution in [0.5, 0.6) is 0 Å². The van der Waals surface area contributed by atoms with Crippen molar-refractivity contribution in [1.82, 2.24) is 5.32 Å². The number of hydrogen-bond acceptors (Lipinski definition) is 3. The fourth-order valence-corrected chi connectivity index (χ4v) is 2.32. The zero-order valence-electron chi connectivity index (χ0n) is 13.0. The summed E-state index contributed by atoms with van der Waals surface area (Å²) in [5.41, 5.74) is 2.21.